The van der Waals surface area contributed by atoms with Crippen LogP contribution in [0.2, 0.25) is 0 Å². The van der Waals surface area contributed by atoms with Crippen molar-refractivity contribution in [3.8, 4) is 0 Å². The molecule has 1 atom stereocenters. The third kappa shape index (κ3) is 2.34. The van der Waals surface area contributed by atoms with Gasteiger partial charge in [0.1, 0.15) is 0 Å². The maximum atomic E-state index is 11.2. The van der Waals surface area contributed by atoms with Crippen LogP contribution in [0.5, 0.6) is 0 Å². The van der Waals surface area contributed by atoms with Crippen LogP contribution in [0.4, 0.5) is 0 Å². The summed E-state index contributed by atoms with van der Waals surface area (Å²) in [6, 6.07) is 6.43. The van der Waals surface area contributed by atoms with Gasteiger partial charge in [-0.05, 0) is 34.9 Å². The molecule has 0 amide bonds. The normalized spacial score (nSPS) is 10.8. The zero-order valence-corrected chi connectivity index (χ0v) is 8.66. The van der Waals surface area contributed by atoms with Gasteiger partial charge < -0.3 is 0 Å². The molecule has 0 aromatic heterocycles. The summed E-state index contributed by atoms with van der Waals surface area (Å²) in [6.07, 6.45) is 1.24. The third-order valence-electron chi connectivity index (χ3n) is 1.71. The first-order chi connectivity index (χ1) is 6.69. The Balaban J connectivity index is 2.94. The van der Waals surface area contributed by atoms with E-state index in [9.17, 15) is 9.36 Å². The summed E-state index contributed by atoms with van der Waals surface area (Å²) in [5.74, 6) is -0.149. The number of ketones is 1. The molecule has 1 unspecified atom stereocenters. The van der Waals surface area contributed by atoms with Crippen LogP contribution in [-0.4, -0.2) is 12.9 Å². The van der Waals surface area contributed by atoms with E-state index in [-0.39, 0.29) is 5.78 Å². The van der Waals surface area contributed by atoms with E-state index >= 15 is 0 Å². The first-order valence-electron chi connectivity index (χ1n) is 3.97. The second-order valence-corrected chi connectivity index (χ2v) is 3.95. The molecule has 4 heteroatoms. The molecular formula is C10H10O3P+. The highest BCUT2D eigenvalue weighted by Crippen LogP contribution is 2.19. The molecule has 1 aromatic rings. The van der Waals surface area contributed by atoms with E-state index in [0.717, 1.165) is 0 Å². The van der Waals surface area contributed by atoms with Gasteiger partial charge in [-0.25, -0.2) is 0 Å². The van der Waals surface area contributed by atoms with Crippen molar-refractivity contribution >= 4 is 19.1 Å². The molecule has 0 saturated carbocycles. The molecule has 0 aliphatic heterocycles. The van der Waals surface area contributed by atoms with Crippen LogP contribution in [0.15, 0.2) is 36.9 Å². The Hall–Kier alpha value is -1.31. The highest BCUT2D eigenvalue weighted by atomic mass is 31.1. The van der Waals surface area contributed by atoms with Crippen molar-refractivity contribution in [1.82, 2.24) is 0 Å². The average Bonchev–Trinajstić information content (AvgIpc) is 2.27. The lowest BCUT2D eigenvalue weighted by Gasteiger charge is -1.92. The molecule has 0 aliphatic rings. The monoisotopic (exact) mass is 209 g/mol. The Morgan fingerprint density at radius 1 is 1.43 bits per heavy atom. The molecule has 0 fully saturated rings. The molecule has 0 spiro atoms. The SMILES string of the molecule is C=CC(=O)c1ccc([P+](=O)OC)cc1. The summed E-state index contributed by atoms with van der Waals surface area (Å²) in [7, 11) is -0.420. The number of carbonyl (C=O) groups is 1. The highest BCUT2D eigenvalue weighted by Gasteiger charge is 2.19. The zero-order chi connectivity index (χ0) is 10.6. The van der Waals surface area contributed by atoms with Crippen LogP contribution in [0.25, 0.3) is 0 Å². The number of carbonyl (C=O) groups excluding carboxylic acids is 1. The van der Waals surface area contributed by atoms with Gasteiger partial charge in [0.05, 0.1) is 7.11 Å². The lowest BCUT2D eigenvalue weighted by atomic mass is 10.1. The number of allylic oxidation sites excluding steroid dienone is 1. The van der Waals surface area contributed by atoms with E-state index in [0.29, 0.717) is 10.9 Å². The second-order valence-electron chi connectivity index (χ2n) is 2.55. The topological polar surface area (TPSA) is 43.4 Å². The van der Waals surface area contributed by atoms with Gasteiger partial charge in [-0.1, -0.05) is 6.58 Å². The van der Waals surface area contributed by atoms with Crippen molar-refractivity contribution in [2.24, 2.45) is 0 Å². The van der Waals surface area contributed by atoms with E-state index in [1.165, 1.54) is 13.2 Å². The molecule has 0 radical (unpaired) electrons. The summed E-state index contributed by atoms with van der Waals surface area (Å²) in [5, 5.41) is 0.572. The maximum absolute atomic E-state index is 11.2. The standard InChI is InChI=1S/C10H10O3P/c1-3-10(11)8-4-6-9(7-5-8)14(12)13-2/h3-7H,1H2,2H3/q+1. The van der Waals surface area contributed by atoms with Crippen molar-refractivity contribution in [3.63, 3.8) is 0 Å². The van der Waals surface area contributed by atoms with Crippen LogP contribution in [-0.2, 0) is 9.09 Å². The fourth-order valence-electron chi connectivity index (χ4n) is 0.971. The van der Waals surface area contributed by atoms with Gasteiger partial charge in [0.2, 0.25) is 5.30 Å². The molecule has 0 N–H and O–H groups in total. The van der Waals surface area contributed by atoms with Gasteiger partial charge in [0.25, 0.3) is 0 Å². The molecule has 0 saturated heterocycles. The minimum absolute atomic E-state index is 0.149. The summed E-state index contributed by atoms with van der Waals surface area (Å²) < 4.78 is 15.9. The highest BCUT2D eigenvalue weighted by molar-refractivity contribution is 7.48. The smallest absolute Gasteiger partial charge is 0.289 e. The van der Waals surface area contributed by atoms with E-state index in [2.05, 4.69) is 11.1 Å². The number of rotatable bonds is 4. The fourth-order valence-corrected chi connectivity index (χ4v) is 1.57. The molecule has 0 aliphatic carbocycles. The molecule has 14 heavy (non-hydrogen) atoms. The molecule has 0 heterocycles. The molecule has 0 bridgehead atoms. The van der Waals surface area contributed by atoms with Crippen molar-refractivity contribution < 1.29 is 13.9 Å². The quantitative estimate of drug-likeness (QED) is 0.433. The van der Waals surface area contributed by atoms with Gasteiger partial charge in [0.15, 0.2) is 5.78 Å². The molecule has 1 rings (SSSR count). The van der Waals surface area contributed by atoms with Crippen LogP contribution in [0, 0.1) is 0 Å². The fraction of sp³-hybridized carbons (Fsp3) is 0.100. The Labute approximate surface area is 83.3 Å². The van der Waals surface area contributed by atoms with Crippen molar-refractivity contribution in [1.29, 1.82) is 0 Å². The van der Waals surface area contributed by atoms with Gasteiger partial charge in [0, 0.05) is 5.56 Å². The predicted molar refractivity (Wildman–Crippen MR) is 55.2 cm³/mol. The summed E-state index contributed by atoms with van der Waals surface area (Å²) in [6.45, 7) is 3.38. The first kappa shape index (κ1) is 10.8. The minimum Gasteiger partial charge on any atom is -0.289 e. The van der Waals surface area contributed by atoms with Gasteiger partial charge in [-0.2, -0.15) is 0 Å². The predicted octanol–water partition coefficient (Wildman–Crippen LogP) is 2.07. The Morgan fingerprint density at radius 3 is 2.43 bits per heavy atom. The van der Waals surface area contributed by atoms with Crippen LogP contribution >= 0.6 is 8.03 Å². The summed E-state index contributed by atoms with van der Waals surface area (Å²) in [4.78, 5) is 11.1. The van der Waals surface area contributed by atoms with Gasteiger partial charge in [-0.3, -0.25) is 4.79 Å². The van der Waals surface area contributed by atoms with Crippen molar-refractivity contribution in [2.75, 3.05) is 7.11 Å². The third-order valence-corrected chi connectivity index (χ3v) is 2.77. The number of benzene rings is 1. The number of hydrogen-bond donors (Lipinski definition) is 0. The van der Waals surface area contributed by atoms with E-state index in [1.54, 1.807) is 24.3 Å². The van der Waals surface area contributed by atoms with Crippen molar-refractivity contribution in [2.45, 2.75) is 0 Å². The Kier molecular flexibility index (Phi) is 3.69. The molecule has 72 valence electrons. The maximum Gasteiger partial charge on any atom is 0.548 e. The van der Waals surface area contributed by atoms with Crippen molar-refractivity contribution in [3.05, 3.63) is 42.5 Å². The van der Waals surface area contributed by atoms with Gasteiger partial charge >= 0.3 is 8.03 Å². The van der Waals surface area contributed by atoms with Crippen LogP contribution < -0.4 is 5.30 Å². The van der Waals surface area contributed by atoms with Crippen LogP contribution in [0.1, 0.15) is 10.4 Å². The average molecular weight is 209 g/mol. The van der Waals surface area contributed by atoms with E-state index in [4.69, 9.17) is 0 Å². The Morgan fingerprint density at radius 2 is 2.00 bits per heavy atom. The molecule has 3 nitrogen and oxygen atoms in total. The summed E-state index contributed by atoms with van der Waals surface area (Å²) in [5.41, 5.74) is 0.531. The number of hydrogen-bond acceptors (Lipinski definition) is 3. The van der Waals surface area contributed by atoms with Gasteiger partial charge in [-0.15, -0.1) is 4.52 Å². The lowest BCUT2D eigenvalue weighted by Crippen LogP contribution is -2.00. The largest absolute Gasteiger partial charge is 0.548 e. The van der Waals surface area contributed by atoms with E-state index < -0.39 is 8.03 Å². The van der Waals surface area contributed by atoms with Crippen LogP contribution in [0.3, 0.4) is 0 Å². The lowest BCUT2D eigenvalue weighted by molar-refractivity contribution is 0.104. The molecular weight excluding hydrogens is 199 g/mol. The molecule has 1 aromatic carbocycles. The summed E-state index contributed by atoms with van der Waals surface area (Å²) >= 11 is 0. The Bertz CT molecular complexity index is 367. The second kappa shape index (κ2) is 4.80. The minimum atomic E-state index is -1.80. The first-order valence-corrected chi connectivity index (χ1v) is 5.15. The zero-order valence-electron chi connectivity index (χ0n) is 7.77. The van der Waals surface area contributed by atoms with E-state index in [1.807, 2.05) is 0 Å².